The van der Waals surface area contributed by atoms with Crippen LogP contribution >= 0.6 is 0 Å². The first-order valence-corrected chi connectivity index (χ1v) is 22.7. The molecule has 0 aliphatic carbocycles. The lowest BCUT2D eigenvalue weighted by Gasteiger charge is -2.29. The van der Waals surface area contributed by atoms with Crippen molar-refractivity contribution < 1.29 is 24.2 Å². The van der Waals surface area contributed by atoms with E-state index in [2.05, 4.69) is 59.1 Å². The maximum Gasteiger partial charge on any atom is 0.257 e. The standard InChI is InChI=1S/C49H58N6O5.C3H8/c1-33(2)49(59)55-28-34(3)48-43(26-50-27-45(48)55)38-15-16-40-29-54(21-19-37(40)22-38)20-9-7-5-6-8-10-46(57)51-25-35-11-13-36(14-12-35)32-60-42-18-17-39-23-41(31-56)52-47(58)30-53(4)44(39)24-42;1-3-2/h11-18,22,24,26-28,41,56H,1,5-10,19-21,23,25,29-32H2,2-4H3,(H,51,57)(H,52,58);3H2,1-2H3. The zero-order valence-electron chi connectivity index (χ0n) is 38.0. The van der Waals surface area contributed by atoms with Gasteiger partial charge >= 0.3 is 0 Å². The molecule has 0 saturated carbocycles. The highest BCUT2D eigenvalue weighted by Gasteiger charge is 2.23. The molecule has 2 amide bonds. The molecule has 1 unspecified atom stereocenters. The second-order valence-corrected chi connectivity index (χ2v) is 17.3. The predicted octanol–water partition coefficient (Wildman–Crippen LogP) is 8.71. The number of allylic oxidation sites excluding steroid dienone is 1. The minimum absolute atomic E-state index is 0.0867. The number of aromatic nitrogens is 2. The summed E-state index contributed by atoms with van der Waals surface area (Å²) in [5, 5.41) is 16.6. The van der Waals surface area contributed by atoms with E-state index in [1.54, 1.807) is 17.7 Å². The highest BCUT2D eigenvalue weighted by Crippen LogP contribution is 2.34. The van der Waals surface area contributed by atoms with Gasteiger partial charge in [-0.1, -0.05) is 94.6 Å². The fourth-order valence-corrected chi connectivity index (χ4v) is 8.46. The Bertz CT molecular complexity index is 2370. The van der Waals surface area contributed by atoms with Crippen molar-refractivity contribution in [2.24, 2.45) is 0 Å². The average Bonchev–Trinajstić information content (AvgIpc) is 3.62. The minimum atomic E-state index is -0.301. The lowest BCUT2D eigenvalue weighted by atomic mass is 9.93. The molecular formula is C52H66N6O5. The topological polar surface area (TPSA) is 129 Å². The molecule has 2 aliphatic heterocycles. The van der Waals surface area contributed by atoms with Crippen LogP contribution in [0.25, 0.3) is 22.0 Å². The maximum atomic E-state index is 12.8. The van der Waals surface area contributed by atoms with Crippen LogP contribution in [-0.4, -0.2) is 76.6 Å². The van der Waals surface area contributed by atoms with Crippen molar-refractivity contribution in [3.05, 3.63) is 125 Å². The number of aryl methyl sites for hydroxylation is 1. The molecule has 3 aromatic carbocycles. The van der Waals surface area contributed by atoms with E-state index in [0.717, 1.165) is 108 Å². The number of carbonyl (C=O) groups is 3. The second kappa shape index (κ2) is 22.5. The Balaban J connectivity index is 0.00000214. The van der Waals surface area contributed by atoms with Crippen LogP contribution in [-0.2, 0) is 42.1 Å². The summed E-state index contributed by atoms with van der Waals surface area (Å²) in [4.78, 5) is 46.6. The van der Waals surface area contributed by atoms with Gasteiger partial charge in [-0.2, -0.15) is 0 Å². The van der Waals surface area contributed by atoms with Crippen LogP contribution in [0, 0.1) is 6.92 Å². The van der Waals surface area contributed by atoms with Gasteiger partial charge in [0, 0.05) is 73.8 Å². The first kappa shape index (κ1) is 46.7. The zero-order chi connectivity index (χ0) is 44.9. The second-order valence-electron chi connectivity index (χ2n) is 17.3. The Labute approximate surface area is 373 Å². The monoisotopic (exact) mass is 855 g/mol. The van der Waals surface area contributed by atoms with Crippen molar-refractivity contribution in [2.75, 3.05) is 38.2 Å². The molecule has 3 N–H and O–H groups in total. The number of ether oxygens (including phenoxy) is 1. The summed E-state index contributed by atoms with van der Waals surface area (Å²) >= 11 is 0. The summed E-state index contributed by atoms with van der Waals surface area (Å²) in [6.07, 6.45) is 14.3. The first-order chi connectivity index (χ1) is 30.5. The van der Waals surface area contributed by atoms with E-state index in [-0.39, 0.29) is 36.9 Å². The van der Waals surface area contributed by atoms with Gasteiger partial charge < -0.3 is 25.4 Å². The highest BCUT2D eigenvalue weighted by atomic mass is 16.5. The quantitative estimate of drug-likeness (QED) is 0.0665. The van der Waals surface area contributed by atoms with Crippen molar-refractivity contribution in [1.82, 2.24) is 25.1 Å². The zero-order valence-corrected chi connectivity index (χ0v) is 38.0. The Morgan fingerprint density at radius 2 is 1.67 bits per heavy atom. The minimum Gasteiger partial charge on any atom is -0.489 e. The molecule has 7 rings (SSSR count). The number of anilines is 1. The number of fused-ring (bicyclic) bond motifs is 3. The fraction of sp³-hybridized carbons (Fsp3) is 0.423. The van der Waals surface area contributed by atoms with Gasteiger partial charge in [0.1, 0.15) is 12.4 Å². The van der Waals surface area contributed by atoms with Crippen molar-refractivity contribution in [1.29, 1.82) is 0 Å². The van der Waals surface area contributed by atoms with Crippen LogP contribution in [0.1, 0.15) is 104 Å². The normalized spacial score (nSPS) is 15.0. The predicted molar refractivity (Wildman–Crippen MR) is 253 cm³/mol. The summed E-state index contributed by atoms with van der Waals surface area (Å²) in [6.45, 7) is 16.0. The summed E-state index contributed by atoms with van der Waals surface area (Å²) in [5.41, 5.74) is 11.4. The lowest BCUT2D eigenvalue weighted by molar-refractivity contribution is -0.122. The van der Waals surface area contributed by atoms with E-state index in [0.29, 0.717) is 37.3 Å². The van der Waals surface area contributed by atoms with E-state index in [9.17, 15) is 19.5 Å². The SMILES string of the molecule is C=C(C)C(=O)n1cc(C)c2c(-c3ccc4c(c3)CCN(CCCCCCCC(=O)NCc3ccc(COc5ccc6c(c5)N(C)CC(=O)NC(CO)C6)cc3)C4)cncc21.CCC. The molecule has 0 spiro atoms. The number of nitrogens with one attached hydrogen (secondary N) is 2. The van der Waals surface area contributed by atoms with E-state index < -0.39 is 0 Å². The number of aliphatic hydroxyl groups excluding tert-OH is 1. The van der Waals surface area contributed by atoms with Crippen LogP contribution < -0.4 is 20.3 Å². The summed E-state index contributed by atoms with van der Waals surface area (Å²) in [6, 6.07) is 20.4. The molecule has 0 bridgehead atoms. The molecule has 63 heavy (non-hydrogen) atoms. The third-order valence-corrected chi connectivity index (χ3v) is 11.8. The number of likely N-dealkylation sites (N-methyl/N-ethyl adjacent to an activating group) is 1. The maximum absolute atomic E-state index is 12.8. The molecule has 5 aromatic rings. The average molecular weight is 855 g/mol. The van der Waals surface area contributed by atoms with Crippen molar-refractivity contribution in [3.8, 4) is 16.9 Å². The lowest BCUT2D eigenvalue weighted by Crippen LogP contribution is -2.46. The van der Waals surface area contributed by atoms with E-state index in [1.165, 1.54) is 17.5 Å². The number of benzene rings is 3. The molecule has 2 aliphatic rings. The number of pyridine rings is 1. The number of hydrogen-bond donors (Lipinski definition) is 3. The van der Waals surface area contributed by atoms with Crippen LogP contribution in [0.5, 0.6) is 5.75 Å². The Morgan fingerprint density at radius 3 is 2.43 bits per heavy atom. The number of amides is 2. The third-order valence-electron chi connectivity index (χ3n) is 11.8. The molecule has 0 radical (unpaired) electrons. The van der Waals surface area contributed by atoms with Crippen molar-refractivity contribution in [2.45, 2.75) is 111 Å². The van der Waals surface area contributed by atoms with E-state index >= 15 is 0 Å². The van der Waals surface area contributed by atoms with E-state index in [4.69, 9.17) is 4.74 Å². The summed E-state index contributed by atoms with van der Waals surface area (Å²) in [5.74, 6) is 0.580. The first-order valence-electron chi connectivity index (χ1n) is 22.7. The van der Waals surface area contributed by atoms with Gasteiger partial charge in [0.05, 0.1) is 30.9 Å². The van der Waals surface area contributed by atoms with Gasteiger partial charge in [0.25, 0.3) is 5.91 Å². The molecule has 11 heteroatoms. The summed E-state index contributed by atoms with van der Waals surface area (Å²) < 4.78 is 7.76. The van der Waals surface area contributed by atoms with Crippen molar-refractivity contribution in [3.63, 3.8) is 0 Å². The van der Waals surface area contributed by atoms with Crippen molar-refractivity contribution >= 4 is 34.3 Å². The Hall–Kier alpha value is -5.78. The molecule has 334 valence electrons. The third kappa shape index (κ3) is 12.4. The molecule has 11 nitrogen and oxygen atoms in total. The van der Waals surface area contributed by atoms with Gasteiger partial charge in [0.2, 0.25) is 11.8 Å². The van der Waals surface area contributed by atoms with Gasteiger partial charge in [-0.15, -0.1) is 0 Å². The molecule has 0 saturated heterocycles. The molecule has 1 atom stereocenters. The Morgan fingerprint density at radius 1 is 0.937 bits per heavy atom. The molecule has 0 fully saturated rings. The number of carbonyl (C=O) groups excluding carboxylic acids is 3. The number of unbranched alkanes of at least 4 members (excludes halogenated alkanes) is 4. The van der Waals surface area contributed by atoms with Gasteiger partial charge in [-0.25, -0.2) is 0 Å². The van der Waals surface area contributed by atoms with Crippen LogP contribution in [0.2, 0.25) is 0 Å². The van der Waals surface area contributed by atoms with Crippen LogP contribution in [0.4, 0.5) is 5.69 Å². The number of hydrogen-bond acceptors (Lipinski definition) is 8. The highest BCUT2D eigenvalue weighted by molar-refractivity contribution is 6.05. The molecule has 2 aromatic heterocycles. The number of aliphatic hydroxyl groups is 1. The van der Waals surface area contributed by atoms with Crippen LogP contribution in [0.15, 0.2) is 91.4 Å². The molecular weight excluding hydrogens is 789 g/mol. The van der Waals surface area contributed by atoms with Gasteiger partial charge in [-0.05, 0) is 91.1 Å². The Kier molecular flexibility index (Phi) is 16.7. The summed E-state index contributed by atoms with van der Waals surface area (Å²) in [7, 11) is 1.88. The van der Waals surface area contributed by atoms with Gasteiger partial charge in [-0.3, -0.25) is 28.8 Å². The largest absolute Gasteiger partial charge is 0.489 e. The van der Waals surface area contributed by atoms with Gasteiger partial charge in [0.15, 0.2) is 0 Å². The fourth-order valence-electron chi connectivity index (χ4n) is 8.46. The number of rotatable bonds is 16. The number of nitrogens with zero attached hydrogens (tertiary/aromatic N) is 4. The molecule has 4 heterocycles. The smallest absolute Gasteiger partial charge is 0.257 e. The van der Waals surface area contributed by atoms with Crippen LogP contribution in [0.3, 0.4) is 0 Å². The van der Waals surface area contributed by atoms with E-state index in [1.807, 2.05) is 73.7 Å².